The molecule has 0 heterocycles. The van der Waals surface area contributed by atoms with E-state index in [0.717, 1.165) is 18.8 Å². The Morgan fingerprint density at radius 2 is 1.61 bits per heavy atom. The first-order chi connectivity index (χ1) is 8.79. The molecule has 0 N–H and O–H groups in total. The standard InChI is InChI=1S/C14H29IO2Si/c1-3-16-18(17-4-2,13-9-5-8-12-15)14-10-6-7-11-14/h14H,3-13H2,1-2H3. The fraction of sp³-hybridized carbons (Fsp3) is 1.00. The highest BCUT2D eigenvalue weighted by Crippen LogP contribution is 2.42. The summed E-state index contributed by atoms with van der Waals surface area (Å²) in [5.41, 5.74) is 0.761. The lowest BCUT2D eigenvalue weighted by Gasteiger charge is -2.35. The van der Waals surface area contributed by atoms with Crippen LogP contribution in [0.2, 0.25) is 11.6 Å². The highest BCUT2D eigenvalue weighted by Gasteiger charge is 2.45. The number of halogens is 1. The first-order valence-corrected chi connectivity index (χ1v) is 11.3. The summed E-state index contributed by atoms with van der Waals surface area (Å²) in [5, 5.41) is 0. The zero-order valence-corrected chi connectivity index (χ0v) is 15.2. The van der Waals surface area contributed by atoms with E-state index in [9.17, 15) is 0 Å². The van der Waals surface area contributed by atoms with Gasteiger partial charge in [0.2, 0.25) is 0 Å². The molecule has 108 valence electrons. The lowest BCUT2D eigenvalue weighted by molar-refractivity contribution is 0.170. The predicted octanol–water partition coefficient (Wildman–Crippen LogP) is 5.05. The monoisotopic (exact) mass is 384 g/mol. The molecule has 0 aliphatic heterocycles. The lowest BCUT2D eigenvalue weighted by atomic mass is 10.3. The Kier molecular flexibility index (Phi) is 9.14. The molecule has 4 heteroatoms. The van der Waals surface area contributed by atoms with Crippen molar-refractivity contribution in [3.63, 3.8) is 0 Å². The van der Waals surface area contributed by atoms with Crippen LogP contribution in [0.4, 0.5) is 0 Å². The number of hydrogen-bond donors (Lipinski definition) is 0. The Morgan fingerprint density at radius 3 is 2.11 bits per heavy atom. The lowest BCUT2D eigenvalue weighted by Crippen LogP contribution is -2.46. The molecule has 0 atom stereocenters. The largest absolute Gasteiger partial charge is 0.394 e. The summed E-state index contributed by atoms with van der Waals surface area (Å²) in [6.07, 6.45) is 9.43. The van der Waals surface area contributed by atoms with Gasteiger partial charge in [0.05, 0.1) is 0 Å². The Bertz CT molecular complexity index is 202. The average Bonchev–Trinajstić information content (AvgIpc) is 2.89. The van der Waals surface area contributed by atoms with E-state index >= 15 is 0 Å². The molecule has 18 heavy (non-hydrogen) atoms. The summed E-state index contributed by atoms with van der Waals surface area (Å²) in [6, 6.07) is 1.22. The highest BCUT2D eigenvalue weighted by atomic mass is 127. The van der Waals surface area contributed by atoms with Crippen molar-refractivity contribution in [2.75, 3.05) is 17.6 Å². The zero-order chi connectivity index (χ0) is 13.3. The van der Waals surface area contributed by atoms with Gasteiger partial charge in [-0.25, -0.2) is 0 Å². The molecule has 0 amide bonds. The molecule has 0 aromatic rings. The predicted molar refractivity (Wildman–Crippen MR) is 88.8 cm³/mol. The molecule has 1 rings (SSSR count). The quantitative estimate of drug-likeness (QED) is 0.227. The van der Waals surface area contributed by atoms with Gasteiger partial charge in [-0.1, -0.05) is 48.3 Å². The van der Waals surface area contributed by atoms with Crippen LogP contribution in [0.3, 0.4) is 0 Å². The molecule has 0 aromatic heterocycles. The second-order valence-electron chi connectivity index (χ2n) is 5.16. The van der Waals surface area contributed by atoms with E-state index in [1.54, 1.807) is 0 Å². The summed E-state index contributed by atoms with van der Waals surface area (Å²) >= 11 is 2.47. The molecule has 2 nitrogen and oxygen atoms in total. The normalized spacial score (nSPS) is 17.5. The van der Waals surface area contributed by atoms with Crippen molar-refractivity contribution in [3.05, 3.63) is 0 Å². The SMILES string of the molecule is CCO[Si](CCCCCI)(OCC)C1CCCC1. The van der Waals surface area contributed by atoms with Crippen molar-refractivity contribution in [3.8, 4) is 0 Å². The van der Waals surface area contributed by atoms with Crippen LogP contribution in [-0.2, 0) is 8.85 Å². The van der Waals surface area contributed by atoms with E-state index in [4.69, 9.17) is 8.85 Å². The van der Waals surface area contributed by atoms with Crippen molar-refractivity contribution >= 4 is 31.2 Å². The van der Waals surface area contributed by atoms with Gasteiger partial charge >= 0.3 is 8.56 Å². The third-order valence-electron chi connectivity index (χ3n) is 3.91. The average molecular weight is 384 g/mol. The Morgan fingerprint density at radius 1 is 1.00 bits per heavy atom. The van der Waals surface area contributed by atoms with Crippen LogP contribution >= 0.6 is 22.6 Å². The molecule has 1 fully saturated rings. The van der Waals surface area contributed by atoms with Crippen LogP contribution in [0.5, 0.6) is 0 Å². The summed E-state index contributed by atoms with van der Waals surface area (Å²) in [4.78, 5) is 0. The summed E-state index contributed by atoms with van der Waals surface area (Å²) in [7, 11) is -1.91. The molecule has 0 radical (unpaired) electrons. The van der Waals surface area contributed by atoms with E-state index in [2.05, 4.69) is 36.4 Å². The second-order valence-corrected chi connectivity index (χ2v) is 9.76. The van der Waals surface area contributed by atoms with Crippen molar-refractivity contribution in [2.24, 2.45) is 0 Å². The number of alkyl halides is 1. The molecule has 1 aliphatic rings. The topological polar surface area (TPSA) is 18.5 Å². The second kappa shape index (κ2) is 9.72. The molecule has 0 saturated heterocycles. The summed E-state index contributed by atoms with van der Waals surface area (Å²) in [6.45, 7) is 5.91. The summed E-state index contributed by atoms with van der Waals surface area (Å²) in [5.74, 6) is 0. The van der Waals surface area contributed by atoms with Crippen LogP contribution < -0.4 is 0 Å². The maximum absolute atomic E-state index is 6.25. The van der Waals surface area contributed by atoms with E-state index in [0.29, 0.717) is 0 Å². The van der Waals surface area contributed by atoms with Crippen molar-refractivity contribution in [1.29, 1.82) is 0 Å². The fourth-order valence-electron chi connectivity index (χ4n) is 3.12. The maximum atomic E-state index is 6.25. The van der Waals surface area contributed by atoms with Crippen LogP contribution in [0.1, 0.15) is 58.8 Å². The third-order valence-corrected chi connectivity index (χ3v) is 9.10. The Balaban J connectivity index is 2.56. The van der Waals surface area contributed by atoms with Gasteiger partial charge in [-0.05, 0) is 43.6 Å². The molecule has 0 aromatic carbocycles. The zero-order valence-electron chi connectivity index (χ0n) is 12.0. The molecule has 1 saturated carbocycles. The number of rotatable bonds is 10. The first kappa shape index (κ1) is 16.9. The maximum Gasteiger partial charge on any atom is 0.341 e. The molecule has 0 bridgehead atoms. The molecule has 0 spiro atoms. The molecular formula is C14H29IO2Si. The van der Waals surface area contributed by atoms with Gasteiger partial charge in [-0.3, -0.25) is 0 Å². The third kappa shape index (κ3) is 5.10. The number of hydrogen-bond acceptors (Lipinski definition) is 2. The first-order valence-electron chi connectivity index (χ1n) is 7.63. The van der Waals surface area contributed by atoms with Gasteiger partial charge in [0, 0.05) is 18.8 Å². The van der Waals surface area contributed by atoms with Crippen LogP contribution in [0.15, 0.2) is 0 Å². The Labute approximate surface area is 128 Å². The molecular weight excluding hydrogens is 355 g/mol. The van der Waals surface area contributed by atoms with Crippen LogP contribution in [0.25, 0.3) is 0 Å². The van der Waals surface area contributed by atoms with E-state index in [1.165, 1.54) is 55.4 Å². The van der Waals surface area contributed by atoms with E-state index in [-0.39, 0.29) is 0 Å². The van der Waals surface area contributed by atoms with Gasteiger partial charge in [0.25, 0.3) is 0 Å². The van der Waals surface area contributed by atoms with Crippen LogP contribution in [-0.4, -0.2) is 26.2 Å². The van der Waals surface area contributed by atoms with Crippen molar-refractivity contribution < 1.29 is 8.85 Å². The molecule has 0 unspecified atom stereocenters. The van der Waals surface area contributed by atoms with Crippen molar-refractivity contribution in [2.45, 2.75) is 70.4 Å². The van der Waals surface area contributed by atoms with Gasteiger partial charge in [-0.2, -0.15) is 0 Å². The van der Waals surface area contributed by atoms with E-state index in [1.807, 2.05) is 0 Å². The van der Waals surface area contributed by atoms with Crippen LogP contribution in [0, 0.1) is 0 Å². The van der Waals surface area contributed by atoms with Gasteiger partial charge in [-0.15, -0.1) is 0 Å². The minimum atomic E-state index is -1.91. The Hall–Kier alpha value is 0.867. The molecule has 1 aliphatic carbocycles. The van der Waals surface area contributed by atoms with Gasteiger partial charge < -0.3 is 8.85 Å². The number of unbranched alkanes of at least 4 members (excludes halogenated alkanes) is 2. The van der Waals surface area contributed by atoms with Gasteiger partial charge in [0.1, 0.15) is 0 Å². The highest BCUT2D eigenvalue weighted by molar-refractivity contribution is 14.1. The summed E-state index contributed by atoms with van der Waals surface area (Å²) < 4.78 is 13.8. The van der Waals surface area contributed by atoms with E-state index < -0.39 is 8.56 Å². The smallest absolute Gasteiger partial charge is 0.341 e. The minimum Gasteiger partial charge on any atom is -0.394 e. The minimum absolute atomic E-state index is 0.761. The van der Waals surface area contributed by atoms with Crippen molar-refractivity contribution in [1.82, 2.24) is 0 Å². The fourth-order valence-corrected chi connectivity index (χ4v) is 7.92. The van der Waals surface area contributed by atoms with Gasteiger partial charge in [0.15, 0.2) is 0 Å².